The van der Waals surface area contributed by atoms with Crippen molar-refractivity contribution < 1.29 is 8.42 Å². The molecule has 0 amide bonds. The minimum absolute atomic E-state index is 0.0308. The van der Waals surface area contributed by atoms with Gasteiger partial charge in [0.25, 0.3) is 0 Å². The number of hydrogen-bond acceptors (Lipinski definition) is 6. The molecule has 1 N–H and O–H groups in total. The molecule has 7 nitrogen and oxygen atoms in total. The summed E-state index contributed by atoms with van der Waals surface area (Å²) in [5.41, 5.74) is 0. The van der Waals surface area contributed by atoms with Crippen molar-refractivity contribution in [3.8, 4) is 0 Å². The Labute approximate surface area is 107 Å². The quantitative estimate of drug-likeness (QED) is 0.818. The van der Waals surface area contributed by atoms with E-state index in [0.29, 0.717) is 12.2 Å². The number of nitrogens with zero attached hydrogens (tertiary/aromatic N) is 4. The average molecular weight is 273 g/mol. The highest BCUT2D eigenvalue weighted by molar-refractivity contribution is 7.91. The Morgan fingerprint density at radius 1 is 1.56 bits per heavy atom. The fraction of sp³-hybridized carbons (Fsp3) is 0.900. The second kappa shape index (κ2) is 5.31. The zero-order chi connectivity index (χ0) is 13.2. The molecule has 0 bridgehead atoms. The van der Waals surface area contributed by atoms with Crippen molar-refractivity contribution in [3.63, 3.8) is 0 Å². The Kier molecular flexibility index (Phi) is 3.96. The molecule has 0 saturated carbocycles. The van der Waals surface area contributed by atoms with Crippen LogP contribution in [0.4, 0.5) is 0 Å². The fourth-order valence-corrected chi connectivity index (χ4v) is 3.86. The van der Waals surface area contributed by atoms with Gasteiger partial charge >= 0.3 is 0 Å². The molecule has 1 saturated heterocycles. The van der Waals surface area contributed by atoms with Crippen molar-refractivity contribution >= 4 is 9.84 Å². The third-order valence-corrected chi connectivity index (χ3v) is 4.91. The van der Waals surface area contributed by atoms with Crippen LogP contribution in [0.2, 0.25) is 0 Å². The van der Waals surface area contributed by atoms with E-state index in [0.717, 1.165) is 13.0 Å². The number of nitrogens with one attached hydrogen (secondary N) is 1. The Bertz CT molecular complexity index is 498. The van der Waals surface area contributed by atoms with Gasteiger partial charge in [0.05, 0.1) is 23.6 Å². The lowest BCUT2D eigenvalue weighted by molar-refractivity contribution is 0.432. The Hall–Kier alpha value is -1.02. The molecular formula is C10H19N5O2S. The third-order valence-electron chi connectivity index (χ3n) is 3.16. The second-order valence-corrected chi connectivity index (χ2v) is 6.94. The lowest BCUT2D eigenvalue weighted by Gasteiger charge is -2.15. The molecular weight excluding hydrogens is 254 g/mol. The van der Waals surface area contributed by atoms with Gasteiger partial charge in [-0.05, 0) is 36.7 Å². The topological polar surface area (TPSA) is 89.8 Å². The molecule has 102 valence electrons. The van der Waals surface area contributed by atoms with Gasteiger partial charge in [0.2, 0.25) is 0 Å². The molecule has 8 heteroatoms. The molecule has 2 heterocycles. The molecule has 1 aromatic rings. The summed E-state index contributed by atoms with van der Waals surface area (Å²) in [5, 5.41) is 14.9. The van der Waals surface area contributed by atoms with Crippen molar-refractivity contribution in [2.24, 2.45) is 0 Å². The summed E-state index contributed by atoms with van der Waals surface area (Å²) in [7, 11) is -2.92. The molecule has 1 aliphatic heterocycles. The van der Waals surface area contributed by atoms with Gasteiger partial charge in [-0.1, -0.05) is 6.92 Å². The Balaban J connectivity index is 2.13. The first-order chi connectivity index (χ1) is 8.53. The van der Waals surface area contributed by atoms with Crippen molar-refractivity contribution in [2.75, 3.05) is 18.1 Å². The number of sulfone groups is 1. The van der Waals surface area contributed by atoms with Gasteiger partial charge in [-0.15, -0.1) is 5.10 Å². The standard InChI is InChI=1S/C10H19N5O2S/c1-3-5-11-8(2)10-12-13-14-15(10)9-4-6-18(16,17)7-9/h8-9,11H,3-7H2,1-2H3. The number of rotatable bonds is 5. The first-order valence-electron chi connectivity index (χ1n) is 6.25. The van der Waals surface area contributed by atoms with E-state index in [1.165, 1.54) is 0 Å². The Morgan fingerprint density at radius 3 is 2.94 bits per heavy atom. The summed E-state index contributed by atoms with van der Waals surface area (Å²) in [6.07, 6.45) is 1.63. The van der Waals surface area contributed by atoms with Crippen LogP contribution in [0.3, 0.4) is 0 Å². The van der Waals surface area contributed by atoms with Gasteiger partial charge in [0.1, 0.15) is 0 Å². The van der Waals surface area contributed by atoms with E-state index in [1.54, 1.807) is 4.68 Å². The minimum atomic E-state index is -2.92. The van der Waals surface area contributed by atoms with E-state index in [1.807, 2.05) is 6.92 Å². The monoisotopic (exact) mass is 273 g/mol. The van der Waals surface area contributed by atoms with E-state index in [4.69, 9.17) is 0 Å². The summed E-state index contributed by atoms with van der Waals surface area (Å²) in [6, 6.07) is -0.0888. The van der Waals surface area contributed by atoms with Crippen LogP contribution in [0.5, 0.6) is 0 Å². The smallest absolute Gasteiger partial charge is 0.168 e. The average Bonchev–Trinajstić information content (AvgIpc) is 2.91. The highest BCUT2D eigenvalue weighted by Gasteiger charge is 2.32. The maximum absolute atomic E-state index is 11.5. The molecule has 0 aromatic carbocycles. The summed E-state index contributed by atoms with van der Waals surface area (Å²) in [6.45, 7) is 4.96. The maximum atomic E-state index is 11.5. The molecule has 0 spiro atoms. The highest BCUT2D eigenvalue weighted by Crippen LogP contribution is 2.24. The van der Waals surface area contributed by atoms with E-state index in [-0.39, 0.29) is 23.6 Å². The van der Waals surface area contributed by atoms with Crippen molar-refractivity contribution in [1.82, 2.24) is 25.5 Å². The molecule has 0 aliphatic carbocycles. The molecule has 2 atom stereocenters. The highest BCUT2D eigenvalue weighted by atomic mass is 32.2. The van der Waals surface area contributed by atoms with E-state index < -0.39 is 9.84 Å². The number of tetrazole rings is 1. The zero-order valence-corrected chi connectivity index (χ0v) is 11.5. The van der Waals surface area contributed by atoms with Crippen molar-refractivity contribution in [3.05, 3.63) is 5.82 Å². The second-order valence-electron chi connectivity index (χ2n) is 4.71. The molecule has 0 radical (unpaired) electrons. The van der Waals surface area contributed by atoms with Crippen molar-refractivity contribution in [1.29, 1.82) is 0 Å². The van der Waals surface area contributed by atoms with Crippen LogP contribution >= 0.6 is 0 Å². The van der Waals surface area contributed by atoms with Crippen LogP contribution in [-0.2, 0) is 9.84 Å². The van der Waals surface area contributed by atoms with Crippen LogP contribution in [0.15, 0.2) is 0 Å². The minimum Gasteiger partial charge on any atom is -0.307 e. The van der Waals surface area contributed by atoms with E-state index in [9.17, 15) is 8.42 Å². The van der Waals surface area contributed by atoms with Gasteiger partial charge in [-0.2, -0.15) is 0 Å². The largest absolute Gasteiger partial charge is 0.307 e. The van der Waals surface area contributed by atoms with Crippen LogP contribution in [0.25, 0.3) is 0 Å². The SMILES string of the molecule is CCCNC(C)c1nnnn1C1CCS(=O)(=O)C1. The van der Waals surface area contributed by atoms with E-state index >= 15 is 0 Å². The van der Waals surface area contributed by atoms with Gasteiger partial charge in [0, 0.05) is 0 Å². The molecule has 1 aromatic heterocycles. The normalized spacial score (nSPS) is 24.2. The Morgan fingerprint density at radius 2 is 2.33 bits per heavy atom. The third kappa shape index (κ3) is 2.86. The van der Waals surface area contributed by atoms with Gasteiger partial charge in [-0.3, -0.25) is 0 Å². The summed E-state index contributed by atoms with van der Waals surface area (Å²) in [5.74, 6) is 1.09. The lowest BCUT2D eigenvalue weighted by Crippen LogP contribution is -2.25. The van der Waals surface area contributed by atoms with Crippen molar-refractivity contribution in [2.45, 2.75) is 38.8 Å². The molecule has 18 heavy (non-hydrogen) atoms. The number of hydrogen-bond donors (Lipinski definition) is 1. The van der Waals surface area contributed by atoms with Gasteiger partial charge in [-0.25, -0.2) is 13.1 Å². The lowest BCUT2D eigenvalue weighted by atomic mass is 10.2. The summed E-state index contributed by atoms with van der Waals surface area (Å²) >= 11 is 0. The fourth-order valence-electron chi connectivity index (χ4n) is 2.17. The molecule has 2 rings (SSSR count). The summed E-state index contributed by atoms with van der Waals surface area (Å²) < 4.78 is 24.6. The molecule has 1 fully saturated rings. The first-order valence-corrected chi connectivity index (χ1v) is 8.07. The number of aromatic nitrogens is 4. The first kappa shape index (κ1) is 13.4. The molecule has 2 unspecified atom stereocenters. The van der Waals surface area contributed by atoms with Crippen LogP contribution < -0.4 is 5.32 Å². The predicted molar refractivity (Wildman–Crippen MR) is 66.8 cm³/mol. The summed E-state index contributed by atoms with van der Waals surface area (Å²) in [4.78, 5) is 0. The predicted octanol–water partition coefficient (Wildman–Crippen LogP) is 0.0933. The van der Waals surface area contributed by atoms with Crippen LogP contribution in [0, 0.1) is 0 Å². The van der Waals surface area contributed by atoms with Gasteiger partial charge < -0.3 is 5.32 Å². The van der Waals surface area contributed by atoms with Gasteiger partial charge in [0.15, 0.2) is 15.7 Å². The van der Waals surface area contributed by atoms with Crippen LogP contribution in [0.1, 0.15) is 44.6 Å². The van der Waals surface area contributed by atoms with E-state index in [2.05, 4.69) is 27.8 Å². The maximum Gasteiger partial charge on any atom is 0.168 e. The molecule has 1 aliphatic rings. The van der Waals surface area contributed by atoms with Crippen LogP contribution in [-0.4, -0.2) is 46.7 Å². The zero-order valence-electron chi connectivity index (χ0n) is 10.7.